The molecule has 0 saturated heterocycles. The maximum Gasteiger partial charge on any atom is 0.311 e. The minimum atomic E-state index is -1.12. The second-order valence-electron chi connectivity index (χ2n) is 5.51. The molecule has 0 aromatic heterocycles. The minimum Gasteiger partial charge on any atom is -0.493 e. The first kappa shape index (κ1) is 16.3. The fraction of sp³-hybridized carbons (Fsp3) is 0.222. The molecule has 1 heterocycles. The number of amides is 1. The van der Waals surface area contributed by atoms with E-state index < -0.39 is 18.0 Å². The topological polar surface area (TPSA) is 78.6 Å². The first-order valence-corrected chi connectivity index (χ1v) is 7.90. The van der Waals surface area contributed by atoms with E-state index in [0.717, 1.165) is 12.0 Å². The second-order valence-corrected chi connectivity index (χ2v) is 5.95. The number of rotatable bonds is 5. The largest absolute Gasteiger partial charge is 0.493 e. The average Bonchev–Trinajstić information content (AvgIpc) is 3.01. The zero-order valence-electron chi connectivity index (χ0n) is 12.8. The number of esters is 1. The highest BCUT2D eigenvalue weighted by Crippen LogP contribution is 2.33. The monoisotopic (exact) mass is 345 g/mol. The minimum absolute atomic E-state index is 0.0422. The van der Waals surface area contributed by atoms with Crippen LogP contribution in [0.3, 0.4) is 0 Å². The molecule has 6 heteroatoms. The summed E-state index contributed by atoms with van der Waals surface area (Å²) in [4.78, 5) is 23.9. The second kappa shape index (κ2) is 6.93. The lowest BCUT2D eigenvalue weighted by Crippen LogP contribution is -2.26. The van der Waals surface area contributed by atoms with Crippen molar-refractivity contribution < 1.29 is 19.1 Å². The van der Waals surface area contributed by atoms with Gasteiger partial charge in [-0.1, -0.05) is 41.9 Å². The molecule has 1 atom stereocenters. The number of nitrogens with two attached hydrogens (primary N) is 1. The Labute approximate surface area is 144 Å². The molecule has 2 aromatic carbocycles. The number of hydrogen-bond donors (Lipinski definition) is 1. The summed E-state index contributed by atoms with van der Waals surface area (Å²) in [6.45, 7) is 0.561. The Kier molecular flexibility index (Phi) is 4.71. The van der Waals surface area contributed by atoms with Crippen LogP contribution in [0.25, 0.3) is 0 Å². The Morgan fingerprint density at radius 2 is 2.00 bits per heavy atom. The average molecular weight is 346 g/mol. The maximum atomic E-state index is 12.3. The third-order valence-electron chi connectivity index (χ3n) is 3.77. The predicted octanol–water partition coefficient (Wildman–Crippen LogP) is 2.59. The lowest BCUT2D eigenvalue weighted by molar-refractivity contribution is -0.154. The van der Waals surface area contributed by atoms with E-state index in [1.807, 2.05) is 6.07 Å². The molecule has 2 aromatic rings. The molecular formula is C18H16ClNO4. The van der Waals surface area contributed by atoms with E-state index in [2.05, 4.69) is 0 Å². The molecule has 0 spiro atoms. The van der Waals surface area contributed by atoms with Gasteiger partial charge >= 0.3 is 5.97 Å². The fourth-order valence-electron chi connectivity index (χ4n) is 2.72. The van der Waals surface area contributed by atoms with Crippen LogP contribution in [-0.4, -0.2) is 18.5 Å². The Morgan fingerprint density at radius 3 is 2.71 bits per heavy atom. The summed E-state index contributed by atoms with van der Waals surface area (Å²) >= 11 is 6.08. The van der Waals surface area contributed by atoms with Gasteiger partial charge in [-0.15, -0.1) is 0 Å². The van der Waals surface area contributed by atoms with Crippen LogP contribution in [0.2, 0.25) is 5.02 Å². The van der Waals surface area contributed by atoms with Crippen molar-refractivity contribution in [3.05, 3.63) is 64.2 Å². The Morgan fingerprint density at radius 1 is 1.25 bits per heavy atom. The summed E-state index contributed by atoms with van der Waals surface area (Å²) in [5.41, 5.74) is 7.52. The molecule has 0 radical (unpaired) electrons. The molecule has 0 fully saturated rings. The van der Waals surface area contributed by atoms with Gasteiger partial charge in [-0.3, -0.25) is 9.59 Å². The van der Waals surface area contributed by atoms with Crippen molar-refractivity contribution in [1.82, 2.24) is 0 Å². The molecule has 3 rings (SSSR count). The molecule has 1 amide bonds. The summed E-state index contributed by atoms with van der Waals surface area (Å²) in [5, 5.41) is 0.538. The lowest BCUT2D eigenvalue weighted by atomic mass is 10.1. The van der Waals surface area contributed by atoms with Crippen LogP contribution in [-0.2, 0) is 27.2 Å². The number of halogens is 1. The normalized spacial score (nSPS) is 13.7. The fourth-order valence-corrected chi connectivity index (χ4v) is 2.99. The molecule has 2 N–H and O–H groups in total. The quantitative estimate of drug-likeness (QED) is 0.845. The van der Waals surface area contributed by atoms with E-state index in [4.69, 9.17) is 26.8 Å². The molecule has 1 unspecified atom stereocenters. The summed E-state index contributed by atoms with van der Waals surface area (Å²) in [6.07, 6.45) is -0.405. The van der Waals surface area contributed by atoms with Gasteiger partial charge in [0, 0.05) is 22.6 Å². The lowest BCUT2D eigenvalue weighted by Gasteiger charge is -2.16. The summed E-state index contributed by atoms with van der Waals surface area (Å²) in [6, 6.07) is 12.2. The predicted molar refractivity (Wildman–Crippen MR) is 88.8 cm³/mol. The van der Waals surface area contributed by atoms with Gasteiger partial charge in [-0.05, 0) is 17.7 Å². The van der Waals surface area contributed by atoms with Gasteiger partial charge in [0.15, 0.2) is 0 Å². The zero-order chi connectivity index (χ0) is 17.1. The number of hydrogen-bond acceptors (Lipinski definition) is 4. The molecule has 0 aliphatic carbocycles. The van der Waals surface area contributed by atoms with Crippen molar-refractivity contribution in [2.45, 2.75) is 18.9 Å². The van der Waals surface area contributed by atoms with Crippen molar-refractivity contribution in [2.75, 3.05) is 6.61 Å². The first-order valence-electron chi connectivity index (χ1n) is 7.52. The maximum absolute atomic E-state index is 12.3. The van der Waals surface area contributed by atoms with Gasteiger partial charge in [0.1, 0.15) is 5.75 Å². The highest BCUT2D eigenvalue weighted by molar-refractivity contribution is 6.30. The van der Waals surface area contributed by atoms with Gasteiger partial charge in [-0.25, -0.2) is 0 Å². The Balaban J connectivity index is 1.77. The van der Waals surface area contributed by atoms with Gasteiger partial charge < -0.3 is 15.2 Å². The third kappa shape index (κ3) is 3.51. The Hall–Kier alpha value is -2.53. The highest BCUT2D eigenvalue weighted by atomic mass is 35.5. The number of primary amides is 1. The number of ether oxygens (including phenoxy) is 2. The van der Waals surface area contributed by atoms with Crippen molar-refractivity contribution in [3.63, 3.8) is 0 Å². The highest BCUT2D eigenvalue weighted by Gasteiger charge is 2.25. The molecular weight excluding hydrogens is 330 g/mol. The van der Waals surface area contributed by atoms with E-state index in [9.17, 15) is 9.59 Å². The zero-order valence-corrected chi connectivity index (χ0v) is 13.6. The molecule has 0 bridgehead atoms. The standard InChI is InChI=1S/C18H16ClNO4/c19-14-8-12-6-7-23-16(12)13(9-14)10-15(21)24-17(18(20)22)11-4-2-1-3-5-11/h1-5,8-9,17H,6-7,10H2,(H2,20,22). The number of fused-ring (bicyclic) bond motifs is 1. The van der Waals surface area contributed by atoms with Crippen molar-refractivity contribution in [2.24, 2.45) is 5.73 Å². The Bertz CT molecular complexity index is 776. The van der Waals surface area contributed by atoms with Crippen LogP contribution in [0, 0.1) is 0 Å². The summed E-state index contributed by atoms with van der Waals surface area (Å²) < 4.78 is 10.9. The summed E-state index contributed by atoms with van der Waals surface area (Å²) in [5.74, 6) is -0.614. The molecule has 124 valence electrons. The first-order chi connectivity index (χ1) is 11.5. The van der Waals surface area contributed by atoms with E-state index in [1.54, 1.807) is 36.4 Å². The van der Waals surface area contributed by atoms with Gasteiger partial charge in [0.05, 0.1) is 13.0 Å². The van der Waals surface area contributed by atoms with Crippen LogP contribution >= 0.6 is 11.6 Å². The van der Waals surface area contributed by atoms with Crippen molar-refractivity contribution >= 4 is 23.5 Å². The summed E-state index contributed by atoms with van der Waals surface area (Å²) in [7, 11) is 0. The van der Waals surface area contributed by atoms with Crippen molar-refractivity contribution in [1.29, 1.82) is 0 Å². The molecule has 1 aliphatic rings. The van der Waals surface area contributed by atoms with Crippen LogP contribution in [0.4, 0.5) is 0 Å². The van der Waals surface area contributed by atoms with Gasteiger partial charge in [0.25, 0.3) is 5.91 Å². The van der Waals surface area contributed by atoms with E-state index in [0.29, 0.717) is 28.5 Å². The van der Waals surface area contributed by atoms with Crippen LogP contribution < -0.4 is 10.5 Å². The molecule has 0 saturated carbocycles. The number of benzene rings is 2. The number of carbonyl (C=O) groups is 2. The van der Waals surface area contributed by atoms with E-state index >= 15 is 0 Å². The van der Waals surface area contributed by atoms with E-state index in [-0.39, 0.29) is 6.42 Å². The SMILES string of the molecule is NC(=O)C(OC(=O)Cc1cc(Cl)cc2c1OCC2)c1ccccc1. The third-order valence-corrected chi connectivity index (χ3v) is 3.99. The van der Waals surface area contributed by atoms with Gasteiger partial charge in [-0.2, -0.15) is 0 Å². The number of carbonyl (C=O) groups excluding carboxylic acids is 2. The van der Waals surface area contributed by atoms with Gasteiger partial charge in [0.2, 0.25) is 6.10 Å². The van der Waals surface area contributed by atoms with E-state index in [1.165, 1.54) is 0 Å². The van der Waals surface area contributed by atoms with Crippen LogP contribution in [0.5, 0.6) is 5.75 Å². The smallest absolute Gasteiger partial charge is 0.311 e. The van der Waals surface area contributed by atoms with Crippen LogP contribution in [0.15, 0.2) is 42.5 Å². The molecule has 24 heavy (non-hydrogen) atoms. The molecule has 5 nitrogen and oxygen atoms in total. The molecule has 1 aliphatic heterocycles. The van der Waals surface area contributed by atoms with Crippen molar-refractivity contribution in [3.8, 4) is 5.75 Å². The van der Waals surface area contributed by atoms with Crippen LogP contribution in [0.1, 0.15) is 22.8 Å².